The molecular formula is C24H22ClN3OS2. The average Bonchev–Trinajstić information content (AvgIpc) is 3.22. The fourth-order valence-electron chi connectivity index (χ4n) is 3.19. The maximum atomic E-state index is 13.6. The quantitative estimate of drug-likeness (QED) is 0.286. The summed E-state index contributed by atoms with van der Waals surface area (Å²) in [6.07, 6.45) is 1.73. The highest BCUT2D eigenvalue weighted by molar-refractivity contribution is 7.99. The molecule has 0 fully saturated rings. The van der Waals surface area contributed by atoms with E-state index in [1.807, 2.05) is 61.5 Å². The van der Waals surface area contributed by atoms with Gasteiger partial charge in [0.15, 0.2) is 5.13 Å². The van der Waals surface area contributed by atoms with Crippen molar-refractivity contribution in [1.29, 1.82) is 0 Å². The van der Waals surface area contributed by atoms with Crippen molar-refractivity contribution in [3.8, 4) is 0 Å². The normalized spacial score (nSPS) is 11.3. The number of fused-ring (bicyclic) bond motifs is 1. The van der Waals surface area contributed by atoms with Gasteiger partial charge in [-0.05, 0) is 55.0 Å². The number of hydrogen-bond acceptors (Lipinski definition) is 5. The van der Waals surface area contributed by atoms with Gasteiger partial charge in [-0.15, -0.1) is 11.8 Å². The van der Waals surface area contributed by atoms with Gasteiger partial charge in [-0.3, -0.25) is 14.7 Å². The lowest BCUT2D eigenvalue weighted by atomic mass is 10.2. The predicted octanol–water partition coefficient (Wildman–Crippen LogP) is 7.00. The topological polar surface area (TPSA) is 46.1 Å². The minimum absolute atomic E-state index is 0.111. The molecule has 0 spiro atoms. The molecule has 0 aliphatic heterocycles. The van der Waals surface area contributed by atoms with Gasteiger partial charge >= 0.3 is 0 Å². The molecule has 0 saturated heterocycles. The minimum Gasteiger partial charge on any atom is -0.278 e. The van der Waals surface area contributed by atoms with Crippen LogP contribution in [0, 0.1) is 6.92 Å². The average molecular weight is 468 g/mol. The van der Waals surface area contributed by atoms with Crippen LogP contribution in [-0.2, 0) is 6.54 Å². The molecule has 7 heteroatoms. The number of nitrogens with zero attached hydrogens (tertiary/aromatic N) is 3. The molecule has 0 aliphatic carbocycles. The van der Waals surface area contributed by atoms with E-state index in [2.05, 4.69) is 18.8 Å². The largest absolute Gasteiger partial charge is 0.278 e. The first kappa shape index (κ1) is 21.8. The monoisotopic (exact) mass is 467 g/mol. The third-order valence-electron chi connectivity index (χ3n) is 4.68. The summed E-state index contributed by atoms with van der Waals surface area (Å²) in [5.74, 6) is -0.111. The molecule has 4 rings (SSSR count). The Balaban J connectivity index is 1.73. The van der Waals surface area contributed by atoms with E-state index in [9.17, 15) is 4.79 Å². The highest BCUT2D eigenvalue weighted by Gasteiger charge is 2.23. The Morgan fingerprint density at radius 1 is 1.13 bits per heavy atom. The van der Waals surface area contributed by atoms with Crippen molar-refractivity contribution < 1.29 is 4.79 Å². The Kier molecular flexibility index (Phi) is 6.60. The van der Waals surface area contributed by atoms with Gasteiger partial charge in [-0.1, -0.05) is 48.9 Å². The molecule has 0 unspecified atom stereocenters. The van der Waals surface area contributed by atoms with E-state index in [0.29, 0.717) is 27.5 Å². The molecule has 1 amide bonds. The number of rotatable bonds is 6. The Hall–Kier alpha value is -2.41. The molecule has 0 radical (unpaired) electrons. The second-order valence-electron chi connectivity index (χ2n) is 7.44. The highest BCUT2D eigenvalue weighted by Crippen LogP contribution is 2.36. The molecule has 4 aromatic rings. The summed E-state index contributed by atoms with van der Waals surface area (Å²) in [4.78, 5) is 25.6. The fraction of sp³-hybridized carbons (Fsp3) is 0.208. The highest BCUT2D eigenvalue weighted by atomic mass is 35.5. The van der Waals surface area contributed by atoms with Gasteiger partial charge in [0.25, 0.3) is 5.91 Å². The summed E-state index contributed by atoms with van der Waals surface area (Å²) >= 11 is 9.62. The Labute approximate surface area is 195 Å². The number of aryl methyl sites for hydroxylation is 1. The second kappa shape index (κ2) is 9.39. The summed E-state index contributed by atoms with van der Waals surface area (Å²) in [5, 5.41) is 1.74. The summed E-state index contributed by atoms with van der Waals surface area (Å²) in [6, 6.07) is 17.3. The molecule has 0 N–H and O–H groups in total. The van der Waals surface area contributed by atoms with Gasteiger partial charge in [0.2, 0.25) is 0 Å². The number of halogens is 1. The summed E-state index contributed by atoms with van der Waals surface area (Å²) in [6.45, 7) is 6.63. The minimum atomic E-state index is -0.111. The van der Waals surface area contributed by atoms with Crippen LogP contribution in [0.5, 0.6) is 0 Å². The van der Waals surface area contributed by atoms with E-state index >= 15 is 0 Å². The third kappa shape index (κ3) is 4.92. The predicted molar refractivity (Wildman–Crippen MR) is 132 cm³/mol. The van der Waals surface area contributed by atoms with Gasteiger partial charge in [0.05, 0.1) is 27.5 Å². The van der Waals surface area contributed by atoms with Gasteiger partial charge in [-0.2, -0.15) is 0 Å². The van der Waals surface area contributed by atoms with Crippen LogP contribution < -0.4 is 4.90 Å². The number of benzene rings is 2. The van der Waals surface area contributed by atoms with Crippen molar-refractivity contribution in [2.45, 2.75) is 37.5 Å². The maximum Gasteiger partial charge on any atom is 0.260 e. The van der Waals surface area contributed by atoms with E-state index in [-0.39, 0.29) is 5.91 Å². The first-order chi connectivity index (χ1) is 14.9. The van der Waals surface area contributed by atoms with Crippen molar-refractivity contribution in [1.82, 2.24) is 9.97 Å². The van der Waals surface area contributed by atoms with Crippen LogP contribution in [-0.4, -0.2) is 21.1 Å². The molecule has 4 nitrogen and oxygen atoms in total. The van der Waals surface area contributed by atoms with Gasteiger partial charge in [-0.25, -0.2) is 4.98 Å². The Morgan fingerprint density at radius 2 is 1.90 bits per heavy atom. The number of carbonyl (C=O) groups excluding carboxylic acids is 1. The van der Waals surface area contributed by atoms with Crippen LogP contribution in [0.1, 0.15) is 35.5 Å². The summed E-state index contributed by atoms with van der Waals surface area (Å²) in [7, 11) is 0. The lowest BCUT2D eigenvalue weighted by molar-refractivity contribution is 0.0984. The molecular weight excluding hydrogens is 446 g/mol. The van der Waals surface area contributed by atoms with Crippen LogP contribution in [0.3, 0.4) is 0 Å². The van der Waals surface area contributed by atoms with Crippen molar-refractivity contribution in [2.75, 3.05) is 4.90 Å². The molecule has 31 heavy (non-hydrogen) atoms. The number of carbonyl (C=O) groups is 1. The van der Waals surface area contributed by atoms with Crippen LogP contribution in [0.2, 0.25) is 5.02 Å². The van der Waals surface area contributed by atoms with E-state index in [4.69, 9.17) is 16.6 Å². The summed E-state index contributed by atoms with van der Waals surface area (Å²) in [5.41, 5.74) is 3.27. The summed E-state index contributed by atoms with van der Waals surface area (Å²) < 4.78 is 0.888. The number of anilines is 1. The Morgan fingerprint density at radius 3 is 2.55 bits per heavy atom. The molecule has 0 saturated carbocycles. The van der Waals surface area contributed by atoms with Crippen molar-refractivity contribution in [2.24, 2.45) is 0 Å². The van der Waals surface area contributed by atoms with Crippen molar-refractivity contribution in [3.05, 3.63) is 82.6 Å². The smallest absolute Gasteiger partial charge is 0.260 e. The molecule has 2 heterocycles. The number of hydrogen-bond donors (Lipinski definition) is 0. The lowest BCUT2D eigenvalue weighted by Crippen LogP contribution is -2.30. The van der Waals surface area contributed by atoms with Crippen molar-refractivity contribution >= 4 is 56.0 Å². The van der Waals surface area contributed by atoms with E-state index in [1.54, 1.807) is 22.9 Å². The molecule has 0 bridgehead atoms. The Bertz CT molecular complexity index is 1170. The fourth-order valence-corrected chi connectivity index (χ4v) is 5.34. The second-order valence-corrected chi connectivity index (χ2v) is 10.5. The van der Waals surface area contributed by atoms with Crippen LogP contribution in [0.4, 0.5) is 5.13 Å². The van der Waals surface area contributed by atoms with E-state index in [1.165, 1.54) is 11.3 Å². The molecule has 2 aromatic heterocycles. The zero-order chi connectivity index (χ0) is 22.0. The zero-order valence-electron chi connectivity index (χ0n) is 17.5. The number of thioether (sulfide) groups is 1. The number of amides is 1. The maximum absolute atomic E-state index is 13.6. The number of pyridine rings is 1. The van der Waals surface area contributed by atoms with E-state index < -0.39 is 0 Å². The first-order valence-electron chi connectivity index (χ1n) is 9.96. The zero-order valence-corrected chi connectivity index (χ0v) is 19.9. The molecule has 158 valence electrons. The van der Waals surface area contributed by atoms with Gasteiger partial charge in [0.1, 0.15) is 0 Å². The number of aromatic nitrogens is 2. The van der Waals surface area contributed by atoms with Crippen LogP contribution in [0.15, 0.2) is 65.7 Å². The molecule has 0 atom stereocenters. The SMILES string of the molecule is Cc1ccc(Cl)c2sc(N(Cc3ccccn3)C(=O)c3ccc(SC(C)C)cc3)nc12. The first-order valence-corrected chi connectivity index (χ1v) is 12.0. The lowest BCUT2D eigenvalue weighted by Gasteiger charge is -2.20. The molecule has 2 aromatic carbocycles. The van der Waals surface area contributed by atoms with E-state index in [0.717, 1.165) is 26.4 Å². The van der Waals surface area contributed by atoms with Crippen LogP contribution in [0.25, 0.3) is 10.2 Å². The van der Waals surface area contributed by atoms with Gasteiger partial charge in [0, 0.05) is 21.9 Å². The van der Waals surface area contributed by atoms with Gasteiger partial charge < -0.3 is 0 Å². The molecule has 0 aliphatic rings. The van der Waals surface area contributed by atoms with Crippen LogP contribution >= 0.6 is 34.7 Å². The van der Waals surface area contributed by atoms with Crippen molar-refractivity contribution in [3.63, 3.8) is 0 Å². The standard InChI is InChI=1S/C24H22ClN3OS2/c1-15(2)30-19-10-8-17(9-11-19)23(29)28(14-18-6-4-5-13-26-18)24-27-21-16(3)7-12-20(25)22(21)31-24/h4-13,15H,14H2,1-3H3. The number of thiazole rings is 1. The third-order valence-corrected chi connectivity index (χ3v) is 7.24.